The Morgan fingerprint density at radius 3 is 2.61 bits per heavy atom. The van der Waals surface area contributed by atoms with Crippen molar-refractivity contribution in [2.75, 3.05) is 12.8 Å². The summed E-state index contributed by atoms with van der Waals surface area (Å²) in [5.74, 6) is 0.735. The quantitative estimate of drug-likeness (QED) is 0.749. The third-order valence-corrected chi connectivity index (χ3v) is 3.37. The Kier molecular flexibility index (Phi) is 3.76. The number of nitrogen functional groups attached to an aromatic ring is 1. The van der Waals surface area contributed by atoms with Crippen LogP contribution in [0, 0.1) is 0 Å². The van der Waals surface area contributed by atoms with Crippen LogP contribution in [0.25, 0.3) is 5.52 Å². The number of imidazole rings is 1. The van der Waals surface area contributed by atoms with E-state index in [-0.39, 0.29) is 12.3 Å². The van der Waals surface area contributed by atoms with Crippen LogP contribution >= 0.6 is 0 Å². The Labute approximate surface area is 131 Å². The van der Waals surface area contributed by atoms with Crippen LogP contribution in [0.4, 0.5) is 5.69 Å². The number of anilines is 1. The molecule has 3 N–H and O–H groups in total. The Hall–Kier alpha value is -3.22. The number of nitrogens with two attached hydrogens (primary N) is 1. The average molecular weight is 313 g/mol. The zero-order valence-corrected chi connectivity index (χ0v) is 12.4. The summed E-state index contributed by atoms with van der Waals surface area (Å²) in [5.41, 5.74) is 6.58. The molecule has 0 radical (unpaired) electrons. The van der Waals surface area contributed by atoms with E-state index in [0.717, 1.165) is 5.75 Å². The molecule has 0 atom stereocenters. The molecular weight excluding hydrogens is 298 g/mol. The number of nitrogens with zero attached hydrogens (tertiary/aromatic N) is 2. The lowest BCUT2D eigenvalue weighted by molar-refractivity contribution is 0.0693. The molecule has 0 spiro atoms. The first-order valence-electron chi connectivity index (χ1n) is 6.85. The van der Waals surface area contributed by atoms with Gasteiger partial charge < -0.3 is 20.3 Å². The van der Waals surface area contributed by atoms with Gasteiger partial charge in [0.25, 0.3) is 0 Å². The predicted molar refractivity (Wildman–Crippen MR) is 83.9 cm³/mol. The summed E-state index contributed by atoms with van der Waals surface area (Å²) in [4.78, 5) is 15.4. The van der Waals surface area contributed by atoms with Gasteiger partial charge in [0.2, 0.25) is 0 Å². The first kappa shape index (κ1) is 14.7. The molecule has 0 aliphatic rings. The highest BCUT2D eigenvalue weighted by Gasteiger charge is 2.17. The van der Waals surface area contributed by atoms with Gasteiger partial charge in [-0.1, -0.05) is 0 Å². The van der Waals surface area contributed by atoms with Gasteiger partial charge in [-0.25, -0.2) is 9.78 Å². The topological polar surface area (TPSA) is 99.1 Å². The van der Waals surface area contributed by atoms with Crippen molar-refractivity contribution in [2.24, 2.45) is 0 Å². The molecule has 0 bridgehead atoms. The van der Waals surface area contributed by atoms with Crippen LogP contribution in [0.15, 0.2) is 42.6 Å². The summed E-state index contributed by atoms with van der Waals surface area (Å²) in [6.07, 6.45) is 1.68. The number of pyridine rings is 1. The fourth-order valence-electron chi connectivity index (χ4n) is 2.24. The third-order valence-electron chi connectivity index (χ3n) is 3.37. The van der Waals surface area contributed by atoms with E-state index in [4.69, 9.17) is 15.2 Å². The van der Waals surface area contributed by atoms with Crippen molar-refractivity contribution in [3.05, 3.63) is 54.1 Å². The molecule has 0 fully saturated rings. The maximum absolute atomic E-state index is 11.3. The monoisotopic (exact) mass is 313 g/mol. The minimum absolute atomic E-state index is 0.0503. The second-order valence-electron chi connectivity index (χ2n) is 4.86. The molecule has 0 unspecified atom stereocenters. The number of fused-ring (bicyclic) bond motifs is 1. The lowest BCUT2D eigenvalue weighted by atomic mass is 10.3. The lowest BCUT2D eigenvalue weighted by Gasteiger charge is -2.06. The first-order chi connectivity index (χ1) is 11.1. The average Bonchev–Trinajstić information content (AvgIpc) is 2.91. The van der Waals surface area contributed by atoms with E-state index < -0.39 is 5.97 Å². The molecule has 3 aromatic rings. The molecule has 0 amide bonds. The summed E-state index contributed by atoms with van der Waals surface area (Å²) in [5, 5.41) is 9.26. The van der Waals surface area contributed by atoms with E-state index in [1.807, 2.05) is 0 Å². The van der Waals surface area contributed by atoms with Gasteiger partial charge in [0, 0.05) is 11.9 Å². The van der Waals surface area contributed by atoms with Crippen molar-refractivity contribution in [1.29, 1.82) is 0 Å². The summed E-state index contributed by atoms with van der Waals surface area (Å²) >= 11 is 0. The highest BCUT2D eigenvalue weighted by atomic mass is 16.5. The number of aromatic carboxylic acids is 1. The Morgan fingerprint density at radius 2 is 1.96 bits per heavy atom. The number of aromatic nitrogens is 2. The van der Waals surface area contributed by atoms with Crippen LogP contribution in [0.2, 0.25) is 0 Å². The molecule has 0 saturated carbocycles. The number of carboxylic acids is 1. The van der Waals surface area contributed by atoms with Gasteiger partial charge in [0.05, 0.1) is 12.6 Å². The molecule has 0 aliphatic heterocycles. The molecular formula is C16H15N3O4. The highest BCUT2D eigenvalue weighted by molar-refractivity contribution is 5.94. The number of benzene rings is 1. The highest BCUT2D eigenvalue weighted by Crippen LogP contribution is 2.20. The standard InChI is InChI=1S/C16H15N3O4/c1-22-11-2-4-12(5-3-11)23-9-14-18-15(16(20)21)13-8-10(17)6-7-19(13)14/h2-8H,9,17H2,1H3,(H,20,21). The Morgan fingerprint density at radius 1 is 1.26 bits per heavy atom. The van der Waals surface area contributed by atoms with Crippen LogP contribution in [0.5, 0.6) is 11.5 Å². The summed E-state index contributed by atoms with van der Waals surface area (Å²) in [7, 11) is 1.59. The molecule has 0 aliphatic carbocycles. The van der Waals surface area contributed by atoms with Crippen molar-refractivity contribution >= 4 is 17.2 Å². The van der Waals surface area contributed by atoms with E-state index >= 15 is 0 Å². The second kappa shape index (κ2) is 5.88. The first-order valence-corrected chi connectivity index (χ1v) is 6.85. The van der Waals surface area contributed by atoms with Crippen molar-refractivity contribution in [3.63, 3.8) is 0 Å². The largest absolute Gasteiger partial charge is 0.497 e. The number of ether oxygens (including phenoxy) is 2. The molecule has 7 heteroatoms. The number of carboxylic acid groups (broad SMARTS) is 1. The molecule has 2 heterocycles. The second-order valence-corrected chi connectivity index (χ2v) is 4.86. The molecule has 118 valence electrons. The summed E-state index contributed by atoms with van der Waals surface area (Å²) in [6, 6.07) is 10.4. The number of carbonyl (C=O) groups is 1. The smallest absolute Gasteiger partial charge is 0.356 e. The van der Waals surface area contributed by atoms with E-state index in [0.29, 0.717) is 22.8 Å². The maximum Gasteiger partial charge on any atom is 0.356 e. The fourth-order valence-corrected chi connectivity index (χ4v) is 2.24. The maximum atomic E-state index is 11.3. The predicted octanol–water partition coefficient (Wildman–Crippen LogP) is 2.20. The SMILES string of the molecule is COc1ccc(OCc2nc(C(=O)O)c3cc(N)ccn23)cc1. The summed E-state index contributed by atoms with van der Waals surface area (Å²) in [6.45, 7) is 0.130. The number of rotatable bonds is 5. The van der Waals surface area contributed by atoms with Crippen molar-refractivity contribution in [3.8, 4) is 11.5 Å². The number of hydrogen-bond donors (Lipinski definition) is 2. The number of methoxy groups -OCH3 is 1. The van der Waals surface area contributed by atoms with Gasteiger partial charge in [-0.2, -0.15) is 0 Å². The van der Waals surface area contributed by atoms with Crippen LogP contribution in [-0.2, 0) is 6.61 Å². The van der Waals surface area contributed by atoms with Crippen LogP contribution < -0.4 is 15.2 Å². The van der Waals surface area contributed by atoms with Gasteiger partial charge in [-0.15, -0.1) is 0 Å². The third kappa shape index (κ3) is 2.89. The van der Waals surface area contributed by atoms with E-state index in [2.05, 4.69) is 4.98 Å². The minimum Gasteiger partial charge on any atom is -0.497 e. The van der Waals surface area contributed by atoms with E-state index in [1.165, 1.54) is 0 Å². The Bertz CT molecular complexity index is 856. The zero-order chi connectivity index (χ0) is 16.4. The molecule has 0 saturated heterocycles. The lowest BCUT2D eigenvalue weighted by Crippen LogP contribution is -2.01. The van der Waals surface area contributed by atoms with Gasteiger partial charge in [-0.3, -0.25) is 4.40 Å². The van der Waals surface area contributed by atoms with Crippen molar-refractivity contribution in [2.45, 2.75) is 6.61 Å². The van der Waals surface area contributed by atoms with Crippen molar-refractivity contribution < 1.29 is 19.4 Å². The van der Waals surface area contributed by atoms with Gasteiger partial charge in [0.15, 0.2) is 11.5 Å². The van der Waals surface area contributed by atoms with Crippen LogP contribution in [-0.4, -0.2) is 27.6 Å². The summed E-state index contributed by atoms with van der Waals surface area (Å²) < 4.78 is 12.4. The normalized spacial score (nSPS) is 10.7. The molecule has 23 heavy (non-hydrogen) atoms. The molecule has 2 aromatic heterocycles. The molecule has 3 rings (SSSR count). The minimum atomic E-state index is -1.11. The van der Waals surface area contributed by atoms with Gasteiger partial charge >= 0.3 is 5.97 Å². The van der Waals surface area contributed by atoms with E-state index in [1.54, 1.807) is 54.1 Å². The van der Waals surface area contributed by atoms with Crippen molar-refractivity contribution in [1.82, 2.24) is 9.38 Å². The van der Waals surface area contributed by atoms with Crippen LogP contribution in [0.1, 0.15) is 16.3 Å². The van der Waals surface area contributed by atoms with Crippen LogP contribution in [0.3, 0.4) is 0 Å². The van der Waals surface area contributed by atoms with E-state index in [9.17, 15) is 9.90 Å². The van der Waals surface area contributed by atoms with Gasteiger partial charge in [0.1, 0.15) is 18.1 Å². The fraction of sp³-hybridized carbons (Fsp3) is 0.125. The number of hydrogen-bond acceptors (Lipinski definition) is 5. The zero-order valence-electron chi connectivity index (χ0n) is 12.4. The Balaban J connectivity index is 1.88. The molecule has 7 nitrogen and oxygen atoms in total. The molecule has 1 aromatic carbocycles. The van der Waals surface area contributed by atoms with Gasteiger partial charge in [-0.05, 0) is 36.4 Å².